The summed E-state index contributed by atoms with van der Waals surface area (Å²) < 4.78 is 21.0. The predicted octanol–water partition coefficient (Wildman–Crippen LogP) is 1.07. The molecule has 1 aliphatic rings. The summed E-state index contributed by atoms with van der Waals surface area (Å²) in [6.45, 7) is 0. The molecule has 0 amide bonds. The van der Waals surface area contributed by atoms with Gasteiger partial charge in [0.05, 0.1) is 4.86 Å². The van der Waals surface area contributed by atoms with E-state index >= 15 is 0 Å². The van der Waals surface area contributed by atoms with Gasteiger partial charge in [-0.15, -0.1) is 25.3 Å². The van der Waals surface area contributed by atoms with Crippen molar-refractivity contribution >= 4 is 40.4 Å². The van der Waals surface area contributed by atoms with E-state index in [1.807, 2.05) is 0 Å². The molecule has 1 rings (SSSR count). The maximum atomic E-state index is 10.5. The molecule has 0 heterocycles. The first-order chi connectivity index (χ1) is 5.13. The Morgan fingerprint density at radius 2 is 1.92 bits per heavy atom. The summed E-state index contributed by atoms with van der Waals surface area (Å²) in [5.41, 5.74) is 0. The summed E-state index contributed by atoms with van der Waals surface area (Å²) in [5.74, 6) is 0. The molecule has 0 saturated carbocycles. The molecule has 70 valence electrons. The van der Waals surface area contributed by atoms with Gasteiger partial charge in [-0.1, -0.05) is 12.2 Å². The molecular formula is C6H6NiO2S3. The van der Waals surface area contributed by atoms with Crippen molar-refractivity contribution in [3.05, 3.63) is 22.0 Å². The molecule has 0 spiro atoms. The zero-order valence-corrected chi connectivity index (χ0v) is 9.39. The molecule has 0 atom stereocenters. The van der Waals surface area contributed by atoms with E-state index < -0.39 is 10.3 Å². The number of hydrogen-bond donors (Lipinski definition) is 2. The largest absolute Gasteiger partial charge is 0.218 e. The van der Waals surface area contributed by atoms with Crippen LogP contribution in [0.2, 0.25) is 0 Å². The smallest absolute Gasteiger partial charge is 0.184 e. The zero-order chi connectivity index (χ0) is 8.43. The SMILES string of the molecule is O=S(=O)=C1CC=CC(S)=C1S.[Ni]. The van der Waals surface area contributed by atoms with Gasteiger partial charge in [-0.25, -0.2) is 0 Å². The molecule has 0 saturated heterocycles. The van der Waals surface area contributed by atoms with E-state index in [1.165, 1.54) is 0 Å². The van der Waals surface area contributed by atoms with Gasteiger partial charge in [-0.05, 0) is 0 Å². The Bertz CT molecular complexity index is 356. The Morgan fingerprint density at radius 3 is 2.33 bits per heavy atom. The molecule has 0 aromatic rings. The fourth-order valence-electron chi connectivity index (χ4n) is 0.743. The van der Waals surface area contributed by atoms with E-state index in [0.717, 1.165) is 0 Å². The first-order valence-corrected chi connectivity index (χ1v) is 4.84. The standard InChI is InChI=1S/C6H6O2S3.Ni/c7-11(8)5-3-1-2-4(9)6(5)10;/h1-2,9-10H,3H2;. The van der Waals surface area contributed by atoms with Crippen LogP contribution in [0.4, 0.5) is 0 Å². The quantitative estimate of drug-likeness (QED) is 0.390. The molecule has 6 heteroatoms. The second kappa shape index (κ2) is 5.17. The Hall–Kier alpha value is 0.364. The van der Waals surface area contributed by atoms with Crippen LogP contribution in [0, 0.1) is 0 Å². The summed E-state index contributed by atoms with van der Waals surface area (Å²) in [6.07, 6.45) is 3.90. The molecule has 0 N–H and O–H groups in total. The van der Waals surface area contributed by atoms with Crippen molar-refractivity contribution in [3.63, 3.8) is 0 Å². The van der Waals surface area contributed by atoms with Crippen LogP contribution in [0.25, 0.3) is 0 Å². The van der Waals surface area contributed by atoms with Crippen LogP contribution in [0.1, 0.15) is 6.42 Å². The van der Waals surface area contributed by atoms with Gasteiger partial charge in [-0.2, -0.15) is 8.42 Å². The van der Waals surface area contributed by atoms with Crippen molar-refractivity contribution in [2.75, 3.05) is 0 Å². The van der Waals surface area contributed by atoms with Crippen LogP contribution >= 0.6 is 25.3 Å². The minimum absolute atomic E-state index is 0. The zero-order valence-electron chi connectivity index (χ0n) is 5.80. The van der Waals surface area contributed by atoms with Crippen LogP contribution in [0.5, 0.6) is 0 Å². The first-order valence-electron chi connectivity index (χ1n) is 2.87. The molecule has 0 radical (unpaired) electrons. The molecule has 0 aromatic carbocycles. The van der Waals surface area contributed by atoms with Crippen LogP contribution in [0.3, 0.4) is 0 Å². The van der Waals surface area contributed by atoms with Crippen LogP contribution in [-0.4, -0.2) is 13.3 Å². The van der Waals surface area contributed by atoms with Gasteiger partial charge in [0.15, 0.2) is 0 Å². The van der Waals surface area contributed by atoms with E-state index in [2.05, 4.69) is 25.3 Å². The summed E-state index contributed by atoms with van der Waals surface area (Å²) in [7, 11) is -2.17. The van der Waals surface area contributed by atoms with Gasteiger partial charge in [0.1, 0.15) is 0 Å². The molecular weight excluding hydrogens is 259 g/mol. The summed E-state index contributed by atoms with van der Waals surface area (Å²) in [6, 6.07) is 0. The van der Waals surface area contributed by atoms with Gasteiger partial charge in [0.25, 0.3) is 0 Å². The Kier molecular flexibility index (Phi) is 5.33. The molecule has 0 bridgehead atoms. The maximum Gasteiger partial charge on any atom is 0.218 e. The summed E-state index contributed by atoms with van der Waals surface area (Å²) in [5, 5.41) is 0. The summed E-state index contributed by atoms with van der Waals surface area (Å²) >= 11 is 8.04. The van der Waals surface area contributed by atoms with Gasteiger partial charge in [0, 0.05) is 32.7 Å². The molecule has 2 nitrogen and oxygen atoms in total. The number of rotatable bonds is 0. The van der Waals surface area contributed by atoms with Crippen LogP contribution in [0.15, 0.2) is 22.0 Å². The van der Waals surface area contributed by atoms with Crippen molar-refractivity contribution in [3.8, 4) is 0 Å². The van der Waals surface area contributed by atoms with Crippen molar-refractivity contribution in [2.45, 2.75) is 6.42 Å². The average Bonchev–Trinajstić information content (AvgIpc) is 1.94. The molecule has 0 aromatic heterocycles. The second-order valence-electron chi connectivity index (χ2n) is 2.00. The first kappa shape index (κ1) is 12.4. The molecule has 0 unspecified atom stereocenters. The fourth-order valence-corrected chi connectivity index (χ4v) is 1.95. The van der Waals surface area contributed by atoms with Gasteiger partial charge < -0.3 is 0 Å². The predicted molar refractivity (Wildman–Crippen MR) is 52.7 cm³/mol. The third-order valence-electron chi connectivity index (χ3n) is 1.29. The summed E-state index contributed by atoms with van der Waals surface area (Å²) in [4.78, 5) is 1.35. The van der Waals surface area contributed by atoms with Gasteiger partial charge >= 0.3 is 0 Å². The second-order valence-corrected chi connectivity index (χ2v) is 3.89. The van der Waals surface area contributed by atoms with Gasteiger partial charge in [0.2, 0.25) is 10.3 Å². The van der Waals surface area contributed by atoms with Crippen molar-refractivity contribution < 1.29 is 24.9 Å². The monoisotopic (exact) mass is 264 g/mol. The van der Waals surface area contributed by atoms with E-state index in [-0.39, 0.29) is 16.5 Å². The number of thiol groups is 2. The van der Waals surface area contributed by atoms with Crippen molar-refractivity contribution in [2.24, 2.45) is 0 Å². The maximum absolute atomic E-state index is 10.5. The third kappa shape index (κ3) is 2.69. The average molecular weight is 265 g/mol. The van der Waals surface area contributed by atoms with Gasteiger partial charge in [-0.3, -0.25) is 0 Å². The topological polar surface area (TPSA) is 34.1 Å². The Balaban J connectivity index is 0.00000121. The molecule has 0 aliphatic heterocycles. The molecule has 0 fully saturated rings. The Labute approximate surface area is 93.4 Å². The van der Waals surface area contributed by atoms with E-state index in [1.54, 1.807) is 12.2 Å². The molecule has 12 heavy (non-hydrogen) atoms. The van der Waals surface area contributed by atoms with Crippen LogP contribution in [-0.2, 0) is 26.8 Å². The van der Waals surface area contributed by atoms with Crippen molar-refractivity contribution in [1.82, 2.24) is 0 Å². The molecule has 1 aliphatic carbocycles. The fraction of sp³-hybridized carbons (Fsp3) is 0.167. The number of allylic oxidation sites excluding steroid dienone is 3. The third-order valence-corrected chi connectivity index (χ3v) is 3.27. The van der Waals surface area contributed by atoms with E-state index in [0.29, 0.717) is 21.1 Å². The minimum Gasteiger partial charge on any atom is -0.184 e. The normalized spacial score (nSPS) is 16.0. The van der Waals surface area contributed by atoms with Crippen LogP contribution < -0.4 is 0 Å². The minimum atomic E-state index is -2.17. The van der Waals surface area contributed by atoms with E-state index in [9.17, 15) is 8.42 Å². The van der Waals surface area contributed by atoms with Crippen molar-refractivity contribution in [1.29, 1.82) is 0 Å². The Morgan fingerprint density at radius 1 is 1.33 bits per heavy atom. The number of hydrogen-bond acceptors (Lipinski definition) is 4. The van der Waals surface area contributed by atoms with E-state index in [4.69, 9.17) is 0 Å².